The number of likely N-dealkylation sites (tertiary alicyclic amines) is 1. The molecule has 2 atom stereocenters. The molecular formula is C13H16N2O3S. The predicted molar refractivity (Wildman–Crippen MR) is 73.0 cm³/mol. The summed E-state index contributed by atoms with van der Waals surface area (Å²) in [6.45, 7) is 0.472. The van der Waals surface area contributed by atoms with Crippen molar-refractivity contribution in [1.29, 1.82) is 0 Å². The molecule has 2 heterocycles. The number of carboxylic acid groups (broad SMARTS) is 1. The van der Waals surface area contributed by atoms with E-state index in [1.165, 1.54) is 4.90 Å². The molecule has 0 spiro atoms. The van der Waals surface area contributed by atoms with Gasteiger partial charge in [-0.1, -0.05) is 6.07 Å². The van der Waals surface area contributed by atoms with Crippen molar-refractivity contribution < 1.29 is 14.7 Å². The minimum atomic E-state index is -0.975. The summed E-state index contributed by atoms with van der Waals surface area (Å²) < 4.78 is 0. The van der Waals surface area contributed by atoms with E-state index in [4.69, 9.17) is 0 Å². The Hall–Kier alpha value is -1.56. The number of amides is 1. The number of pyridine rings is 1. The van der Waals surface area contributed by atoms with E-state index in [9.17, 15) is 14.7 Å². The van der Waals surface area contributed by atoms with Gasteiger partial charge in [0.2, 0.25) is 5.91 Å². The molecule has 5 nitrogen and oxygen atoms in total. The zero-order chi connectivity index (χ0) is 13.8. The van der Waals surface area contributed by atoms with E-state index >= 15 is 0 Å². The van der Waals surface area contributed by atoms with Crippen LogP contribution >= 0.6 is 12.6 Å². The summed E-state index contributed by atoms with van der Waals surface area (Å²) in [4.78, 5) is 28.7. The average Bonchev–Trinajstić information content (AvgIpc) is 2.78. The second-order valence-corrected chi connectivity index (χ2v) is 5.08. The van der Waals surface area contributed by atoms with Crippen LogP contribution in [0.15, 0.2) is 24.5 Å². The van der Waals surface area contributed by atoms with E-state index in [1.54, 1.807) is 18.5 Å². The number of rotatable bonds is 5. The summed E-state index contributed by atoms with van der Waals surface area (Å²) in [6.07, 6.45) is 3.94. The topological polar surface area (TPSA) is 70.5 Å². The fraction of sp³-hybridized carbons (Fsp3) is 0.462. The van der Waals surface area contributed by atoms with Gasteiger partial charge >= 0.3 is 5.97 Å². The molecule has 0 aromatic carbocycles. The van der Waals surface area contributed by atoms with Gasteiger partial charge in [-0.05, 0) is 23.3 Å². The minimum absolute atomic E-state index is 0.102. The average molecular weight is 280 g/mol. The molecule has 1 aliphatic rings. The maximum absolute atomic E-state index is 11.9. The van der Waals surface area contributed by atoms with Crippen LogP contribution in [-0.4, -0.2) is 45.2 Å². The van der Waals surface area contributed by atoms with Crippen molar-refractivity contribution in [3.63, 3.8) is 0 Å². The molecular weight excluding hydrogens is 264 g/mol. The molecule has 1 aromatic rings. The van der Waals surface area contributed by atoms with Crippen molar-refractivity contribution in [3.8, 4) is 0 Å². The second-order valence-electron chi connectivity index (χ2n) is 4.72. The fourth-order valence-electron chi connectivity index (χ4n) is 2.31. The molecule has 0 radical (unpaired) electrons. The third-order valence-corrected chi connectivity index (χ3v) is 3.83. The molecule has 0 aliphatic carbocycles. The van der Waals surface area contributed by atoms with Crippen LogP contribution in [0.2, 0.25) is 0 Å². The van der Waals surface area contributed by atoms with Crippen LogP contribution in [0, 0.1) is 5.92 Å². The maximum atomic E-state index is 11.9. The maximum Gasteiger partial charge on any atom is 0.326 e. The lowest BCUT2D eigenvalue weighted by molar-refractivity contribution is -0.148. The van der Waals surface area contributed by atoms with Crippen LogP contribution in [-0.2, 0) is 16.0 Å². The predicted octanol–water partition coefficient (Wildman–Crippen LogP) is 0.856. The van der Waals surface area contributed by atoms with Gasteiger partial charge in [0.1, 0.15) is 6.04 Å². The lowest BCUT2D eigenvalue weighted by Crippen LogP contribution is -2.43. The monoisotopic (exact) mass is 280 g/mol. The van der Waals surface area contributed by atoms with Gasteiger partial charge in [0, 0.05) is 31.8 Å². The smallest absolute Gasteiger partial charge is 0.326 e. The van der Waals surface area contributed by atoms with E-state index in [-0.39, 0.29) is 18.2 Å². The molecule has 1 N–H and O–H groups in total. The number of aliphatic carboxylic acids is 1. The SMILES string of the molecule is O=C(O)C(Cc1cccnc1)N1CC(CS)CC1=O. The third-order valence-electron chi connectivity index (χ3n) is 3.31. The summed E-state index contributed by atoms with van der Waals surface area (Å²) in [6, 6.07) is 2.76. The number of aromatic nitrogens is 1. The van der Waals surface area contributed by atoms with E-state index in [2.05, 4.69) is 17.6 Å². The highest BCUT2D eigenvalue weighted by molar-refractivity contribution is 7.80. The lowest BCUT2D eigenvalue weighted by atomic mass is 10.1. The van der Waals surface area contributed by atoms with E-state index in [1.807, 2.05) is 6.07 Å². The molecule has 102 valence electrons. The van der Waals surface area contributed by atoms with E-state index in [0.717, 1.165) is 5.56 Å². The lowest BCUT2D eigenvalue weighted by Gasteiger charge is -2.24. The number of nitrogens with zero attached hydrogens (tertiary/aromatic N) is 2. The Balaban J connectivity index is 2.13. The number of carboxylic acids is 1. The van der Waals surface area contributed by atoms with Gasteiger partial charge in [0.15, 0.2) is 0 Å². The summed E-state index contributed by atoms with van der Waals surface area (Å²) in [5.41, 5.74) is 0.817. The Labute approximate surface area is 117 Å². The molecule has 19 heavy (non-hydrogen) atoms. The van der Waals surface area contributed by atoms with Crippen LogP contribution in [0.5, 0.6) is 0 Å². The number of hydrogen-bond acceptors (Lipinski definition) is 4. The zero-order valence-electron chi connectivity index (χ0n) is 10.4. The van der Waals surface area contributed by atoms with Gasteiger partial charge in [0.05, 0.1) is 0 Å². The summed E-state index contributed by atoms with van der Waals surface area (Å²) in [7, 11) is 0. The van der Waals surface area contributed by atoms with Gasteiger partial charge in [-0.3, -0.25) is 9.78 Å². The highest BCUT2D eigenvalue weighted by Crippen LogP contribution is 2.22. The number of thiol groups is 1. The standard InChI is InChI=1S/C13H16N2O3S/c16-12-5-10(8-19)7-15(12)11(13(17)18)4-9-2-1-3-14-6-9/h1-3,6,10-11,19H,4-5,7-8H2,(H,17,18). The molecule has 1 fully saturated rings. The zero-order valence-corrected chi connectivity index (χ0v) is 11.3. The van der Waals surface area contributed by atoms with Gasteiger partial charge in [-0.2, -0.15) is 12.6 Å². The first-order chi connectivity index (χ1) is 9.11. The van der Waals surface area contributed by atoms with Gasteiger partial charge < -0.3 is 10.0 Å². The van der Waals surface area contributed by atoms with Crippen molar-refractivity contribution in [2.24, 2.45) is 5.92 Å². The highest BCUT2D eigenvalue weighted by Gasteiger charge is 2.37. The first kappa shape index (κ1) is 13.9. The number of carbonyl (C=O) groups is 2. The molecule has 2 unspecified atom stereocenters. The minimum Gasteiger partial charge on any atom is -0.480 e. The fourth-order valence-corrected chi connectivity index (χ4v) is 2.55. The molecule has 2 rings (SSSR count). The summed E-state index contributed by atoms with van der Waals surface area (Å²) in [5, 5.41) is 9.34. The van der Waals surface area contributed by atoms with E-state index < -0.39 is 12.0 Å². The van der Waals surface area contributed by atoms with E-state index in [0.29, 0.717) is 18.7 Å². The van der Waals surface area contributed by atoms with Crippen molar-refractivity contribution in [2.45, 2.75) is 18.9 Å². The second kappa shape index (κ2) is 6.06. The van der Waals surface area contributed by atoms with Crippen molar-refractivity contribution in [2.75, 3.05) is 12.3 Å². The van der Waals surface area contributed by atoms with Gasteiger partial charge in [0.25, 0.3) is 0 Å². The molecule has 1 aromatic heterocycles. The molecule has 0 saturated carbocycles. The molecule has 1 aliphatic heterocycles. The Kier molecular flexibility index (Phi) is 4.42. The van der Waals surface area contributed by atoms with Gasteiger partial charge in [-0.15, -0.1) is 0 Å². The summed E-state index contributed by atoms with van der Waals surface area (Å²) >= 11 is 4.18. The van der Waals surface area contributed by atoms with Crippen molar-refractivity contribution in [1.82, 2.24) is 9.88 Å². The van der Waals surface area contributed by atoms with Crippen LogP contribution in [0.3, 0.4) is 0 Å². The van der Waals surface area contributed by atoms with Crippen LogP contribution in [0.4, 0.5) is 0 Å². The van der Waals surface area contributed by atoms with Crippen LogP contribution < -0.4 is 0 Å². The van der Waals surface area contributed by atoms with Crippen LogP contribution in [0.1, 0.15) is 12.0 Å². The van der Waals surface area contributed by atoms with Crippen molar-refractivity contribution >= 4 is 24.5 Å². The molecule has 0 bridgehead atoms. The van der Waals surface area contributed by atoms with Crippen molar-refractivity contribution in [3.05, 3.63) is 30.1 Å². The normalized spacial score (nSPS) is 20.6. The number of carbonyl (C=O) groups excluding carboxylic acids is 1. The quantitative estimate of drug-likeness (QED) is 0.785. The molecule has 6 heteroatoms. The Morgan fingerprint density at radius 2 is 2.42 bits per heavy atom. The Morgan fingerprint density at radius 1 is 1.63 bits per heavy atom. The highest BCUT2D eigenvalue weighted by atomic mass is 32.1. The molecule has 1 amide bonds. The first-order valence-electron chi connectivity index (χ1n) is 6.14. The van der Waals surface area contributed by atoms with Gasteiger partial charge in [-0.25, -0.2) is 4.79 Å². The van der Waals surface area contributed by atoms with Crippen LogP contribution in [0.25, 0.3) is 0 Å². The Bertz CT molecular complexity index is 466. The Morgan fingerprint density at radius 3 is 2.95 bits per heavy atom. The molecule has 1 saturated heterocycles. The number of hydrogen-bond donors (Lipinski definition) is 2. The largest absolute Gasteiger partial charge is 0.480 e. The third kappa shape index (κ3) is 3.26. The summed E-state index contributed by atoms with van der Waals surface area (Å²) in [5.74, 6) is -0.333. The first-order valence-corrected chi connectivity index (χ1v) is 6.77.